The Hall–Kier alpha value is -3.46. The second-order valence-corrected chi connectivity index (χ2v) is 7.09. The van der Waals surface area contributed by atoms with Crippen molar-refractivity contribution in [2.24, 2.45) is 5.92 Å². The molecule has 0 unspecified atom stereocenters. The molecule has 2 aromatic rings. The number of carbonyl (C=O) groups excluding carboxylic acids is 3. The normalized spacial score (nSPS) is 14.0. The lowest BCUT2D eigenvalue weighted by molar-refractivity contribution is -0.150. The second kappa shape index (κ2) is 8.05. The molecule has 0 fully saturated rings. The monoisotopic (exact) mass is 376 g/mol. The van der Waals surface area contributed by atoms with Gasteiger partial charge in [-0.3, -0.25) is 14.5 Å². The highest BCUT2D eigenvalue weighted by molar-refractivity contribution is 6.22. The molecule has 0 aromatic heterocycles. The van der Waals surface area contributed by atoms with E-state index < -0.39 is 23.8 Å². The van der Waals surface area contributed by atoms with Gasteiger partial charge in [0.2, 0.25) is 0 Å². The first kappa shape index (κ1) is 19.3. The van der Waals surface area contributed by atoms with E-state index in [-0.39, 0.29) is 12.5 Å². The third-order valence-electron chi connectivity index (χ3n) is 4.54. The molecule has 0 radical (unpaired) electrons. The van der Waals surface area contributed by atoms with Crippen molar-refractivity contribution in [3.05, 3.63) is 70.8 Å². The average molecular weight is 376 g/mol. The van der Waals surface area contributed by atoms with Crippen LogP contribution in [0.25, 0.3) is 0 Å². The van der Waals surface area contributed by atoms with E-state index in [1.807, 2.05) is 19.9 Å². The molecule has 6 nitrogen and oxygen atoms in total. The second-order valence-electron chi connectivity index (χ2n) is 7.09. The quantitative estimate of drug-likeness (QED) is 0.570. The van der Waals surface area contributed by atoms with Crippen molar-refractivity contribution < 1.29 is 19.1 Å². The van der Waals surface area contributed by atoms with Crippen molar-refractivity contribution >= 4 is 17.8 Å². The Balaban J connectivity index is 1.80. The minimum Gasteiger partial charge on any atom is -0.459 e. The van der Waals surface area contributed by atoms with E-state index >= 15 is 0 Å². The van der Waals surface area contributed by atoms with E-state index in [0.29, 0.717) is 28.7 Å². The van der Waals surface area contributed by atoms with Crippen molar-refractivity contribution in [2.75, 3.05) is 0 Å². The zero-order valence-corrected chi connectivity index (χ0v) is 15.7. The molecule has 2 aromatic carbocycles. The fourth-order valence-electron chi connectivity index (χ4n) is 3.23. The molecule has 6 heteroatoms. The largest absolute Gasteiger partial charge is 0.459 e. The van der Waals surface area contributed by atoms with Crippen LogP contribution >= 0.6 is 0 Å². The summed E-state index contributed by atoms with van der Waals surface area (Å²) in [4.78, 5) is 39.3. The first-order chi connectivity index (χ1) is 13.4. The number of imide groups is 1. The van der Waals surface area contributed by atoms with Gasteiger partial charge in [-0.25, -0.2) is 4.79 Å². The molecule has 0 saturated carbocycles. The fraction of sp³-hybridized carbons (Fsp3) is 0.273. The van der Waals surface area contributed by atoms with Crippen LogP contribution in [0.5, 0.6) is 0 Å². The number of amides is 2. The topological polar surface area (TPSA) is 87.5 Å². The van der Waals surface area contributed by atoms with Gasteiger partial charge in [0.15, 0.2) is 0 Å². The predicted octanol–water partition coefficient (Wildman–Crippen LogP) is 3.31. The van der Waals surface area contributed by atoms with E-state index in [4.69, 9.17) is 10.00 Å². The highest BCUT2D eigenvalue weighted by atomic mass is 16.5. The summed E-state index contributed by atoms with van der Waals surface area (Å²) in [6.45, 7) is 3.79. The van der Waals surface area contributed by atoms with Crippen molar-refractivity contribution in [1.82, 2.24) is 4.90 Å². The molecule has 1 atom stereocenters. The lowest BCUT2D eigenvalue weighted by atomic mass is 10.0. The molecule has 1 aliphatic heterocycles. The average Bonchev–Trinajstić information content (AvgIpc) is 2.95. The van der Waals surface area contributed by atoms with Crippen LogP contribution in [0.3, 0.4) is 0 Å². The van der Waals surface area contributed by atoms with E-state index in [1.165, 1.54) is 0 Å². The number of ether oxygens (including phenoxy) is 1. The number of esters is 1. The molecule has 0 saturated heterocycles. The molecule has 142 valence electrons. The molecule has 0 spiro atoms. The standard InChI is InChI=1S/C22H20N2O4/c1-14(2)10-19(22(27)28-13-16-7-5-6-15(11-16)12-23)24-20(25)17-8-3-4-9-18(17)21(24)26/h3-9,11,14,19H,10,13H2,1-2H3/t19-/m1/s1. The van der Waals surface area contributed by atoms with Gasteiger partial charge in [-0.1, -0.05) is 38.1 Å². The predicted molar refractivity (Wildman–Crippen MR) is 101 cm³/mol. The molecule has 28 heavy (non-hydrogen) atoms. The number of nitrogens with zero attached hydrogens (tertiary/aromatic N) is 2. The summed E-state index contributed by atoms with van der Waals surface area (Å²) < 4.78 is 5.40. The number of benzene rings is 2. The minimum atomic E-state index is -0.994. The van der Waals surface area contributed by atoms with E-state index in [0.717, 1.165) is 4.90 Å². The Morgan fingerprint density at radius 3 is 2.29 bits per heavy atom. The Labute approximate surface area is 163 Å². The van der Waals surface area contributed by atoms with Crippen molar-refractivity contribution in [3.63, 3.8) is 0 Å². The SMILES string of the molecule is CC(C)C[C@H](C(=O)OCc1cccc(C#N)c1)N1C(=O)c2ccccc2C1=O. The van der Waals surface area contributed by atoms with Gasteiger partial charge in [0.25, 0.3) is 11.8 Å². The van der Waals surface area contributed by atoms with Crippen LogP contribution in [-0.2, 0) is 16.1 Å². The van der Waals surface area contributed by atoms with Gasteiger partial charge in [-0.2, -0.15) is 5.26 Å². The highest BCUT2D eigenvalue weighted by Gasteiger charge is 2.43. The number of carbonyl (C=O) groups is 3. The van der Waals surface area contributed by atoms with E-state index in [2.05, 4.69) is 0 Å². The number of rotatable bonds is 6. The molecular weight excluding hydrogens is 356 g/mol. The third-order valence-corrected chi connectivity index (χ3v) is 4.54. The van der Waals surface area contributed by atoms with Crippen LogP contribution in [-0.4, -0.2) is 28.7 Å². The summed E-state index contributed by atoms with van der Waals surface area (Å²) in [7, 11) is 0. The third kappa shape index (κ3) is 3.79. The molecule has 2 amide bonds. The van der Waals surface area contributed by atoms with Crippen LogP contribution in [0, 0.1) is 17.2 Å². The lowest BCUT2D eigenvalue weighted by Gasteiger charge is -2.26. The Kier molecular flexibility index (Phi) is 5.55. The zero-order valence-electron chi connectivity index (χ0n) is 15.7. The summed E-state index contributed by atoms with van der Waals surface area (Å²) >= 11 is 0. The summed E-state index contributed by atoms with van der Waals surface area (Å²) in [5.74, 6) is -1.52. The molecule has 1 aliphatic rings. The van der Waals surface area contributed by atoms with Gasteiger partial charge in [-0.15, -0.1) is 0 Å². The summed E-state index contributed by atoms with van der Waals surface area (Å²) in [6.07, 6.45) is 0.308. The molecular formula is C22H20N2O4. The first-order valence-corrected chi connectivity index (χ1v) is 9.05. The number of nitriles is 1. The Bertz CT molecular complexity index is 939. The molecule has 0 N–H and O–H groups in total. The number of fused-ring (bicyclic) bond motifs is 1. The van der Waals surface area contributed by atoms with E-state index in [9.17, 15) is 14.4 Å². The van der Waals surface area contributed by atoms with Gasteiger partial charge in [0, 0.05) is 0 Å². The lowest BCUT2D eigenvalue weighted by Crippen LogP contribution is -2.46. The summed E-state index contributed by atoms with van der Waals surface area (Å²) in [5.41, 5.74) is 1.73. The molecule has 1 heterocycles. The van der Waals surface area contributed by atoms with Crippen molar-refractivity contribution in [1.29, 1.82) is 5.26 Å². The van der Waals surface area contributed by atoms with Crippen LogP contribution in [0.4, 0.5) is 0 Å². The van der Waals surface area contributed by atoms with Gasteiger partial charge >= 0.3 is 5.97 Å². The van der Waals surface area contributed by atoms with Gasteiger partial charge < -0.3 is 4.74 Å². The number of hydrogen-bond acceptors (Lipinski definition) is 5. The molecule has 3 rings (SSSR count). The van der Waals surface area contributed by atoms with Gasteiger partial charge in [0.1, 0.15) is 12.6 Å². The highest BCUT2D eigenvalue weighted by Crippen LogP contribution is 2.27. The summed E-state index contributed by atoms with van der Waals surface area (Å²) in [6, 6.07) is 14.3. The number of hydrogen-bond donors (Lipinski definition) is 0. The first-order valence-electron chi connectivity index (χ1n) is 9.05. The Morgan fingerprint density at radius 2 is 1.71 bits per heavy atom. The van der Waals surface area contributed by atoms with Crippen LogP contribution < -0.4 is 0 Å². The summed E-state index contributed by atoms with van der Waals surface area (Å²) in [5, 5.41) is 8.98. The molecule has 0 aliphatic carbocycles. The fourth-order valence-corrected chi connectivity index (χ4v) is 3.23. The van der Waals surface area contributed by atoms with Gasteiger partial charge in [0.05, 0.1) is 22.8 Å². The van der Waals surface area contributed by atoms with Crippen molar-refractivity contribution in [3.8, 4) is 6.07 Å². The smallest absolute Gasteiger partial charge is 0.329 e. The Morgan fingerprint density at radius 1 is 1.07 bits per heavy atom. The maximum Gasteiger partial charge on any atom is 0.329 e. The maximum atomic E-state index is 12.8. The van der Waals surface area contributed by atoms with Crippen LogP contribution in [0.2, 0.25) is 0 Å². The zero-order chi connectivity index (χ0) is 20.3. The van der Waals surface area contributed by atoms with Crippen molar-refractivity contribution in [2.45, 2.75) is 32.9 Å². The van der Waals surface area contributed by atoms with Gasteiger partial charge in [-0.05, 0) is 42.2 Å². The van der Waals surface area contributed by atoms with Crippen LogP contribution in [0.1, 0.15) is 52.1 Å². The maximum absolute atomic E-state index is 12.8. The minimum absolute atomic E-state index is 0.0356. The van der Waals surface area contributed by atoms with E-state index in [1.54, 1.807) is 48.5 Å². The van der Waals surface area contributed by atoms with Crippen LogP contribution in [0.15, 0.2) is 48.5 Å². The molecule has 0 bridgehead atoms.